The fourth-order valence-electron chi connectivity index (χ4n) is 6.63. The van der Waals surface area contributed by atoms with Crippen LogP contribution in [0.15, 0.2) is 18.3 Å². The van der Waals surface area contributed by atoms with Crippen LogP contribution in [0.25, 0.3) is 0 Å². The Bertz CT molecular complexity index is 1340. The molecule has 2 saturated carbocycles. The first-order chi connectivity index (χ1) is 20.5. The predicted octanol–water partition coefficient (Wildman–Crippen LogP) is 8.35. The quantitative estimate of drug-likeness (QED) is 0.288. The Kier molecular flexibility index (Phi) is 10.4. The molecule has 1 aromatic heterocycles. The summed E-state index contributed by atoms with van der Waals surface area (Å²) >= 11 is 12.9. The Morgan fingerprint density at radius 2 is 1.66 bits per heavy atom. The number of benzene rings is 1. The van der Waals surface area contributed by atoms with Crippen LogP contribution in [-0.4, -0.2) is 50.9 Å². The van der Waals surface area contributed by atoms with Gasteiger partial charge in [0.25, 0.3) is 5.91 Å². The van der Waals surface area contributed by atoms with Crippen molar-refractivity contribution in [3.8, 4) is 0 Å². The van der Waals surface area contributed by atoms with Crippen LogP contribution in [0.5, 0.6) is 0 Å². The van der Waals surface area contributed by atoms with E-state index in [-0.39, 0.29) is 53.0 Å². The largest absolute Gasteiger partial charge is 0.466 e. The van der Waals surface area contributed by atoms with Crippen LogP contribution in [0.4, 0.5) is 13.2 Å². The molecule has 1 heterocycles. The minimum Gasteiger partial charge on any atom is -0.466 e. The minimum atomic E-state index is -4.87. The molecule has 1 amide bonds. The lowest BCUT2D eigenvalue weighted by molar-refractivity contribution is -0.157. The van der Waals surface area contributed by atoms with Gasteiger partial charge in [0.2, 0.25) is 0 Å². The third-order valence-corrected chi connectivity index (χ3v) is 10.0. The molecule has 0 spiro atoms. The number of aryl methyl sites for hydroxylation is 1. The SMILES string of the molecule is CCOC(=O)C1(C)CCC(n2ncc(C(=O)N(C[C@@H](O)c3c(Cl)cc(C)cc3Cl)C3CCC(C)(C)CC3)c2C(F)(F)F)CC1. The van der Waals surface area contributed by atoms with E-state index >= 15 is 0 Å². The molecule has 2 aliphatic carbocycles. The van der Waals surface area contributed by atoms with E-state index in [0.717, 1.165) is 29.3 Å². The monoisotopic (exact) mass is 659 g/mol. The number of hydrogen-bond acceptors (Lipinski definition) is 5. The molecule has 1 atom stereocenters. The zero-order valence-electron chi connectivity index (χ0n) is 25.9. The zero-order valence-corrected chi connectivity index (χ0v) is 27.5. The summed E-state index contributed by atoms with van der Waals surface area (Å²) in [5.41, 5.74) is -1.41. The molecule has 1 aromatic carbocycles. The maximum absolute atomic E-state index is 14.7. The van der Waals surface area contributed by atoms with Gasteiger partial charge in [-0.1, -0.05) is 37.0 Å². The number of halogens is 5. The lowest BCUT2D eigenvalue weighted by Gasteiger charge is -2.41. The number of esters is 1. The van der Waals surface area contributed by atoms with Crippen molar-refractivity contribution in [2.45, 2.75) is 110 Å². The molecule has 0 radical (unpaired) electrons. The second-order valence-corrected chi connectivity index (χ2v) is 14.2. The Morgan fingerprint density at radius 3 is 2.18 bits per heavy atom. The molecule has 0 bridgehead atoms. The number of aliphatic hydroxyl groups excluding tert-OH is 1. The molecule has 2 fully saturated rings. The van der Waals surface area contributed by atoms with Crippen molar-refractivity contribution in [1.82, 2.24) is 14.7 Å². The highest BCUT2D eigenvalue weighted by molar-refractivity contribution is 6.36. The smallest absolute Gasteiger partial charge is 0.433 e. The lowest BCUT2D eigenvalue weighted by Crippen LogP contribution is -2.46. The Labute approximate surface area is 267 Å². The molecule has 2 aliphatic rings. The van der Waals surface area contributed by atoms with Gasteiger partial charge in [-0.05, 0) is 95.2 Å². The number of carbonyl (C=O) groups is 2. The highest BCUT2D eigenvalue weighted by Crippen LogP contribution is 2.45. The second kappa shape index (κ2) is 13.2. The molecule has 244 valence electrons. The van der Waals surface area contributed by atoms with E-state index in [4.69, 9.17) is 27.9 Å². The number of rotatable bonds is 8. The molecule has 44 heavy (non-hydrogen) atoms. The van der Waals surface area contributed by atoms with Crippen LogP contribution in [0, 0.1) is 17.8 Å². The van der Waals surface area contributed by atoms with Crippen LogP contribution in [-0.2, 0) is 15.7 Å². The van der Waals surface area contributed by atoms with Crippen molar-refractivity contribution in [2.75, 3.05) is 13.2 Å². The molecule has 0 saturated heterocycles. The van der Waals surface area contributed by atoms with Gasteiger partial charge in [-0.25, -0.2) is 0 Å². The first-order valence-corrected chi connectivity index (χ1v) is 16.0. The van der Waals surface area contributed by atoms with Crippen LogP contribution in [0.3, 0.4) is 0 Å². The van der Waals surface area contributed by atoms with E-state index in [1.165, 1.54) is 4.90 Å². The summed E-state index contributed by atoms with van der Waals surface area (Å²) in [5.74, 6) is -1.21. The number of aliphatic hydroxyl groups is 1. The van der Waals surface area contributed by atoms with Gasteiger partial charge in [0.1, 0.15) is 0 Å². The fraction of sp³-hybridized carbons (Fsp3) is 0.656. The van der Waals surface area contributed by atoms with Gasteiger partial charge in [-0.2, -0.15) is 18.3 Å². The summed E-state index contributed by atoms with van der Waals surface area (Å²) < 4.78 is 50.3. The van der Waals surface area contributed by atoms with E-state index in [0.29, 0.717) is 25.7 Å². The summed E-state index contributed by atoms with van der Waals surface area (Å²) in [5, 5.41) is 15.8. The average Bonchev–Trinajstić information content (AvgIpc) is 3.38. The molecule has 1 N–H and O–H groups in total. The number of hydrogen-bond donors (Lipinski definition) is 1. The van der Waals surface area contributed by atoms with Gasteiger partial charge in [0, 0.05) is 21.7 Å². The minimum absolute atomic E-state index is 0.0362. The van der Waals surface area contributed by atoms with Crippen LogP contribution in [0.1, 0.15) is 118 Å². The number of ether oxygens (including phenoxy) is 1. The van der Waals surface area contributed by atoms with Gasteiger partial charge in [0.05, 0.1) is 42.5 Å². The van der Waals surface area contributed by atoms with Crippen LogP contribution in [0.2, 0.25) is 10.0 Å². The summed E-state index contributed by atoms with van der Waals surface area (Å²) in [6.45, 7) is 9.48. The van der Waals surface area contributed by atoms with Crippen molar-refractivity contribution >= 4 is 35.1 Å². The first-order valence-electron chi connectivity index (χ1n) is 15.2. The number of aromatic nitrogens is 2. The second-order valence-electron chi connectivity index (χ2n) is 13.4. The third kappa shape index (κ3) is 7.39. The summed E-state index contributed by atoms with van der Waals surface area (Å²) in [7, 11) is 0. The van der Waals surface area contributed by atoms with Crippen molar-refractivity contribution in [1.29, 1.82) is 0 Å². The van der Waals surface area contributed by atoms with Gasteiger partial charge in [-0.3, -0.25) is 14.3 Å². The summed E-state index contributed by atoms with van der Waals surface area (Å²) in [4.78, 5) is 28.0. The molecular formula is C32H42Cl2F3N3O4. The maximum Gasteiger partial charge on any atom is 0.433 e. The number of alkyl halides is 3. The summed E-state index contributed by atoms with van der Waals surface area (Å²) in [6, 6.07) is 2.25. The molecule has 4 rings (SSSR count). The number of carbonyl (C=O) groups excluding carboxylic acids is 2. The highest BCUT2D eigenvalue weighted by atomic mass is 35.5. The van der Waals surface area contributed by atoms with Gasteiger partial charge < -0.3 is 14.7 Å². The number of amides is 1. The van der Waals surface area contributed by atoms with Crippen LogP contribution < -0.4 is 0 Å². The molecule has 0 unspecified atom stereocenters. The van der Waals surface area contributed by atoms with E-state index in [9.17, 15) is 27.9 Å². The van der Waals surface area contributed by atoms with Crippen molar-refractivity contribution in [3.05, 3.63) is 50.8 Å². The maximum atomic E-state index is 14.7. The van der Waals surface area contributed by atoms with Crippen molar-refractivity contribution in [3.63, 3.8) is 0 Å². The van der Waals surface area contributed by atoms with Crippen molar-refractivity contribution < 1.29 is 32.6 Å². The zero-order chi connectivity index (χ0) is 32.6. The van der Waals surface area contributed by atoms with E-state index in [2.05, 4.69) is 18.9 Å². The van der Waals surface area contributed by atoms with Gasteiger partial charge >= 0.3 is 12.1 Å². The molecular weight excluding hydrogens is 618 g/mol. The van der Waals surface area contributed by atoms with Crippen molar-refractivity contribution in [2.24, 2.45) is 10.8 Å². The highest BCUT2D eigenvalue weighted by Gasteiger charge is 2.46. The standard InChI is InChI=1S/C32H42Cl2F3N3O4/c1-6-44-29(43)31(5)13-9-21(10-14-31)40-27(32(35,36)37)22(17-38-40)28(42)39(20-7-11-30(3,4)12-8-20)18-25(41)26-23(33)15-19(2)16-24(26)34/h15-17,20-21,25,41H,6-14,18H2,1-5H3/t21?,25-,31?/m1/s1. The molecule has 2 aromatic rings. The molecule has 0 aliphatic heterocycles. The van der Waals surface area contributed by atoms with Crippen LogP contribution >= 0.6 is 23.2 Å². The van der Waals surface area contributed by atoms with E-state index in [1.807, 2.05) is 0 Å². The predicted molar refractivity (Wildman–Crippen MR) is 163 cm³/mol. The Morgan fingerprint density at radius 1 is 1.09 bits per heavy atom. The molecule has 7 nitrogen and oxygen atoms in total. The topological polar surface area (TPSA) is 84.7 Å². The lowest BCUT2D eigenvalue weighted by atomic mass is 9.74. The van der Waals surface area contributed by atoms with Gasteiger partial charge in [-0.15, -0.1) is 0 Å². The Balaban J connectivity index is 1.67. The van der Waals surface area contributed by atoms with Gasteiger partial charge in [0.15, 0.2) is 5.69 Å². The normalized spacial score (nSPS) is 23.3. The Hall–Kier alpha value is -2.30. The number of nitrogens with zero attached hydrogens (tertiary/aromatic N) is 3. The first kappa shape index (κ1) is 34.6. The average molecular weight is 661 g/mol. The molecule has 12 heteroatoms. The third-order valence-electron chi connectivity index (χ3n) is 9.40. The fourth-order valence-corrected chi connectivity index (χ4v) is 7.48. The van der Waals surface area contributed by atoms with E-state index in [1.54, 1.807) is 32.9 Å². The summed E-state index contributed by atoms with van der Waals surface area (Å²) in [6.07, 6.45) is -1.28. The van der Waals surface area contributed by atoms with E-state index < -0.39 is 46.9 Å².